The van der Waals surface area contributed by atoms with E-state index in [4.69, 9.17) is 10.5 Å². The molecule has 4 heteroatoms. The normalized spacial score (nSPS) is 12.0. The number of benzene rings is 1. The molecule has 4 nitrogen and oxygen atoms in total. The van der Waals surface area contributed by atoms with Gasteiger partial charge < -0.3 is 15.4 Å². The fraction of sp³-hybridized carbons (Fsp3) is 0.417. The maximum Gasteiger partial charge on any atom is 0.259 e. The average Bonchev–Trinajstić information content (AvgIpc) is 2.26. The number of amides is 1. The van der Waals surface area contributed by atoms with E-state index in [9.17, 15) is 4.79 Å². The van der Waals surface area contributed by atoms with Crippen molar-refractivity contribution in [3.8, 4) is 5.75 Å². The molecule has 1 amide bonds. The summed E-state index contributed by atoms with van der Waals surface area (Å²) in [5, 5.41) is 0. The van der Waals surface area contributed by atoms with Crippen molar-refractivity contribution in [2.24, 2.45) is 5.73 Å². The monoisotopic (exact) mass is 222 g/mol. The standard InChI is InChI=1S/C12H18N2O2/c1-9(13)10-5-4-6-11(7-10)16-8-12(15)14(2)3/h4-7,9H,8,13H2,1-3H3. The van der Waals surface area contributed by atoms with Gasteiger partial charge >= 0.3 is 0 Å². The van der Waals surface area contributed by atoms with Gasteiger partial charge in [-0.3, -0.25) is 4.79 Å². The minimum Gasteiger partial charge on any atom is -0.484 e. The highest BCUT2D eigenvalue weighted by Crippen LogP contribution is 2.17. The Morgan fingerprint density at radius 3 is 2.75 bits per heavy atom. The lowest BCUT2D eigenvalue weighted by atomic mass is 10.1. The second-order valence-corrected chi connectivity index (χ2v) is 3.94. The number of carbonyl (C=O) groups is 1. The summed E-state index contributed by atoms with van der Waals surface area (Å²) in [5.74, 6) is 0.608. The van der Waals surface area contributed by atoms with E-state index in [1.807, 2.05) is 31.2 Å². The molecule has 0 saturated carbocycles. The molecule has 2 N–H and O–H groups in total. The fourth-order valence-corrected chi connectivity index (χ4v) is 1.16. The Morgan fingerprint density at radius 2 is 2.19 bits per heavy atom. The Kier molecular flexibility index (Phi) is 4.31. The third-order valence-corrected chi connectivity index (χ3v) is 2.24. The highest BCUT2D eigenvalue weighted by molar-refractivity contribution is 5.77. The van der Waals surface area contributed by atoms with Crippen molar-refractivity contribution in [2.75, 3.05) is 20.7 Å². The number of hydrogen-bond donors (Lipinski definition) is 1. The lowest BCUT2D eigenvalue weighted by Gasteiger charge is -2.12. The molecule has 0 saturated heterocycles. The van der Waals surface area contributed by atoms with Gasteiger partial charge in [0.05, 0.1) is 0 Å². The van der Waals surface area contributed by atoms with E-state index in [1.54, 1.807) is 14.1 Å². The van der Waals surface area contributed by atoms with Crippen molar-refractivity contribution in [1.82, 2.24) is 4.90 Å². The van der Waals surface area contributed by atoms with Crippen LogP contribution in [0.4, 0.5) is 0 Å². The summed E-state index contributed by atoms with van der Waals surface area (Å²) in [7, 11) is 3.40. The Hall–Kier alpha value is -1.55. The van der Waals surface area contributed by atoms with Gasteiger partial charge in [0.1, 0.15) is 5.75 Å². The number of hydrogen-bond acceptors (Lipinski definition) is 3. The first-order chi connectivity index (χ1) is 7.50. The lowest BCUT2D eigenvalue weighted by Crippen LogP contribution is -2.27. The van der Waals surface area contributed by atoms with Crippen molar-refractivity contribution in [1.29, 1.82) is 0 Å². The van der Waals surface area contributed by atoms with E-state index in [0.717, 1.165) is 5.56 Å². The molecule has 0 aliphatic carbocycles. The fourth-order valence-electron chi connectivity index (χ4n) is 1.16. The molecule has 0 radical (unpaired) electrons. The van der Waals surface area contributed by atoms with Crippen LogP contribution in [0.2, 0.25) is 0 Å². The van der Waals surface area contributed by atoms with Crippen LogP contribution in [0.15, 0.2) is 24.3 Å². The van der Waals surface area contributed by atoms with Crippen molar-refractivity contribution in [3.05, 3.63) is 29.8 Å². The molecule has 0 aromatic heterocycles. The summed E-state index contributed by atoms with van der Waals surface area (Å²) in [4.78, 5) is 12.8. The molecule has 1 rings (SSSR count). The highest BCUT2D eigenvalue weighted by Gasteiger charge is 2.06. The largest absolute Gasteiger partial charge is 0.484 e. The first-order valence-corrected chi connectivity index (χ1v) is 5.19. The summed E-state index contributed by atoms with van der Waals surface area (Å²) < 4.78 is 5.37. The van der Waals surface area contributed by atoms with Crippen molar-refractivity contribution >= 4 is 5.91 Å². The zero-order chi connectivity index (χ0) is 12.1. The van der Waals surface area contributed by atoms with Crippen LogP contribution in [0.1, 0.15) is 18.5 Å². The maximum absolute atomic E-state index is 11.3. The predicted octanol–water partition coefficient (Wildman–Crippen LogP) is 1.17. The van der Waals surface area contributed by atoms with E-state index < -0.39 is 0 Å². The van der Waals surface area contributed by atoms with E-state index in [0.29, 0.717) is 5.75 Å². The van der Waals surface area contributed by atoms with Gasteiger partial charge in [-0.05, 0) is 24.6 Å². The molecule has 0 aliphatic rings. The molecule has 0 spiro atoms. The van der Waals surface area contributed by atoms with Gasteiger partial charge in [-0.15, -0.1) is 0 Å². The van der Waals surface area contributed by atoms with E-state index in [-0.39, 0.29) is 18.6 Å². The number of carbonyl (C=O) groups excluding carboxylic acids is 1. The summed E-state index contributed by atoms with van der Waals surface area (Å²) in [6.07, 6.45) is 0. The molecule has 0 fully saturated rings. The number of rotatable bonds is 4. The number of nitrogens with two attached hydrogens (primary N) is 1. The van der Waals surface area contributed by atoms with Gasteiger partial charge in [-0.25, -0.2) is 0 Å². The Bertz CT molecular complexity index is 362. The quantitative estimate of drug-likeness (QED) is 0.832. The molecule has 1 unspecified atom stereocenters. The van der Waals surface area contributed by atoms with Crippen LogP contribution in [0, 0.1) is 0 Å². The minimum atomic E-state index is -0.0637. The Balaban J connectivity index is 2.61. The smallest absolute Gasteiger partial charge is 0.259 e. The summed E-state index contributed by atoms with van der Waals surface area (Å²) >= 11 is 0. The molecule has 1 aromatic rings. The maximum atomic E-state index is 11.3. The van der Waals surface area contributed by atoms with E-state index in [2.05, 4.69) is 0 Å². The van der Waals surface area contributed by atoms with Crippen molar-refractivity contribution in [2.45, 2.75) is 13.0 Å². The van der Waals surface area contributed by atoms with Crippen LogP contribution in [0.5, 0.6) is 5.75 Å². The molecule has 1 aromatic carbocycles. The molecule has 16 heavy (non-hydrogen) atoms. The van der Waals surface area contributed by atoms with Gasteiger partial charge in [0.2, 0.25) is 0 Å². The van der Waals surface area contributed by atoms with Crippen LogP contribution in [0.3, 0.4) is 0 Å². The summed E-state index contributed by atoms with van der Waals surface area (Å²) in [6, 6.07) is 7.44. The molecule has 0 heterocycles. The predicted molar refractivity (Wildman–Crippen MR) is 63.2 cm³/mol. The van der Waals surface area contributed by atoms with Crippen LogP contribution >= 0.6 is 0 Å². The molecular weight excluding hydrogens is 204 g/mol. The number of nitrogens with zero attached hydrogens (tertiary/aromatic N) is 1. The van der Waals surface area contributed by atoms with Crippen LogP contribution in [0.25, 0.3) is 0 Å². The molecule has 0 aliphatic heterocycles. The highest BCUT2D eigenvalue weighted by atomic mass is 16.5. The summed E-state index contributed by atoms with van der Waals surface area (Å²) in [5.41, 5.74) is 6.75. The average molecular weight is 222 g/mol. The third-order valence-electron chi connectivity index (χ3n) is 2.24. The second-order valence-electron chi connectivity index (χ2n) is 3.94. The molecule has 1 atom stereocenters. The SMILES string of the molecule is CC(N)c1cccc(OCC(=O)N(C)C)c1. The Labute approximate surface area is 96.0 Å². The van der Waals surface area contributed by atoms with Crippen LogP contribution in [-0.2, 0) is 4.79 Å². The number of likely N-dealkylation sites (N-methyl/N-ethyl adjacent to an activating group) is 1. The van der Waals surface area contributed by atoms with Gasteiger partial charge in [-0.2, -0.15) is 0 Å². The molecular formula is C12H18N2O2. The third kappa shape index (κ3) is 3.55. The zero-order valence-electron chi connectivity index (χ0n) is 9.93. The van der Waals surface area contributed by atoms with Gasteiger partial charge in [0, 0.05) is 20.1 Å². The topological polar surface area (TPSA) is 55.6 Å². The van der Waals surface area contributed by atoms with Crippen LogP contribution in [-0.4, -0.2) is 31.5 Å². The minimum absolute atomic E-state index is 0.0342. The van der Waals surface area contributed by atoms with Crippen LogP contribution < -0.4 is 10.5 Å². The van der Waals surface area contributed by atoms with E-state index in [1.165, 1.54) is 4.90 Å². The first kappa shape index (κ1) is 12.5. The summed E-state index contributed by atoms with van der Waals surface area (Å²) in [6.45, 7) is 1.96. The second kappa shape index (κ2) is 5.51. The van der Waals surface area contributed by atoms with Crippen molar-refractivity contribution in [3.63, 3.8) is 0 Å². The lowest BCUT2D eigenvalue weighted by molar-refractivity contribution is -0.130. The Morgan fingerprint density at radius 1 is 1.50 bits per heavy atom. The first-order valence-electron chi connectivity index (χ1n) is 5.19. The number of ether oxygens (including phenoxy) is 1. The van der Waals surface area contributed by atoms with Gasteiger partial charge in [0.25, 0.3) is 5.91 Å². The van der Waals surface area contributed by atoms with Gasteiger partial charge in [-0.1, -0.05) is 12.1 Å². The van der Waals surface area contributed by atoms with E-state index >= 15 is 0 Å². The molecule has 88 valence electrons. The van der Waals surface area contributed by atoms with Crippen molar-refractivity contribution < 1.29 is 9.53 Å². The molecule has 0 bridgehead atoms. The van der Waals surface area contributed by atoms with Gasteiger partial charge in [0.15, 0.2) is 6.61 Å². The zero-order valence-corrected chi connectivity index (χ0v) is 9.93.